The standard InChI is InChI=1S/C11H13ClO3/c1-7(11(14)15-2)10(13)8-3-5-9(12)6-4-8/h3-7,10,13H,1-2H3. The van der Waals surface area contributed by atoms with Crippen LogP contribution in [0.2, 0.25) is 5.02 Å². The third kappa shape index (κ3) is 2.94. The molecule has 0 spiro atoms. The van der Waals surface area contributed by atoms with E-state index in [0.29, 0.717) is 10.6 Å². The fourth-order valence-electron chi connectivity index (χ4n) is 1.26. The maximum Gasteiger partial charge on any atom is 0.311 e. The van der Waals surface area contributed by atoms with E-state index in [1.807, 2.05) is 0 Å². The van der Waals surface area contributed by atoms with Crippen LogP contribution in [-0.2, 0) is 9.53 Å². The van der Waals surface area contributed by atoms with Gasteiger partial charge in [-0.3, -0.25) is 4.79 Å². The van der Waals surface area contributed by atoms with Crippen LogP contribution in [0.15, 0.2) is 24.3 Å². The Hall–Kier alpha value is -1.06. The number of aliphatic hydroxyl groups excluding tert-OH is 1. The second-order valence-electron chi connectivity index (χ2n) is 3.31. The first-order valence-corrected chi connectivity index (χ1v) is 4.95. The summed E-state index contributed by atoms with van der Waals surface area (Å²) in [6.07, 6.45) is -0.866. The van der Waals surface area contributed by atoms with E-state index in [2.05, 4.69) is 4.74 Å². The smallest absolute Gasteiger partial charge is 0.311 e. The number of halogens is 1. The Morgan fingerprint density at radius 2 is 1.93 bits per heavy atom. The molecule has 0 heterocycles. The molecule has 0 saturated carbocycles. The fourth-order valence-corrected chi connectivity index (χ4v) is 1.39. The highest BCUT2D eigenvalue weighted by Crippen LogP contribution is 2.23. The average molecular weight is 229 g/mol. The van der Waals surface area contributed by atoms with Crippen LogP contribution >= 0.6 is 11.6 Å². The molecule has 0 aliphatic rings. The predicted octanol–water partition coefficient (Wildman–Crippen LogP) is 2.18. The third-order valence-electron chi connectivity index (χ3n) is 2.26. The molecule has 15 heavy (non-hydrogen) atoms. The van der Waals surface area contributed by atoms with Crippen LogP contribution in [0.5, 0.6) is 0 Å². The average Bonchev–Trinajstić information content (AvgIpc) is 2.27. The van der Waals surface area contributed by atoms with Crippen molar-refractivity contribution in [2.75, 3.05) is 7.11 Å². The van der Waals surface area contributed by atoms with Crippen molar-refractivity contribution in [1.29, 1.82) is 0 Å². The zero-order chi connectivity index (χ0) is 11.4. The molecule has 0 radical (unpaired) electrons. The maximum absolute atomic E-state index is 11.2. The molecule has 2 unspecified atom stereocenters. The highest BCUT2D eigenvalue weighted by molar-refractivity contribution is 6.30. The van der Waals surface area contributed by atoms with Gasteiger partial charge in [-0.05, 0) is 24.6 Å². The van der Waals surface area contributed by atoms with Crippen molar-refractivity contribution in [2.24, 2.45) is 5.92 Å². The summed E-state index contributed by atoms with van der Waals surface area (Å²) in [6.45, 7) is 1.62. The first-order chi connectivity index (χ1) is 7.06. The summed E-state index contributed by atoms with van der Waals surface area (Å²) < 4.78 is 4.55. The van der Waals surface area contributed by atoms with Gasteiger partial charge < -0.3 is 9.84 Å². The van der Waals surface area contributed by atoms with Crippen LogP contribution in [0.3, 0.4) is 0 Å². The molecule has 0 aliphatic carbocycles. The number of carbonyl (C=O) groups is 1. The lowest BCUT2D eigenvalue weighted by Gasteiger charge is -2.16. The van der Waals surface area contributed by atoms with E-state index in [0.717, 1.165) is 0 Å². The number of aliphatic hydroxyl groups is 1. The molecule has 1 aromatic carbocycles. The molecular formula is C11H13ClO3. The minimum absolute atomic E-state index is 0.433. The van der Waals surface area contributed by atoms with Crippen molar-refractivity contribution >= 4 is 17.6 Å². The molecule has 0 amide bonds. The van der Waals surface area contributed by atoms with E-state index in [4.69, 9.17) is 11.6 Å². The lowest BCUT2D eigenvalue weighted by molar-refractivity contribution is -0.148. The van der Waals surface area contributed by atoms with Crippen LogP contribution < -0.4 is 0 Å². The van der Waals surface area contributed by atoms with Gasteiger partial charge in [-0.1, -0.05) is 23.7 Å². The number of hydrogen-bond donors (Lipinski definition) is 1. The Morgan fingerprint density at radius 3 is 2.40 bits per heavy atom. The van der Waals surface area contributed by atoms with Crippen LogP contribution in [0.4, 0.5) is 0 Å². The summed E-state index contributed by atoms with van der Waals surface area (Å²) in [6, 6.07) is 6.72. The molecule has 1 aromatic rings. The number of benzene rings is 1. The summed E-state index contributed by atoms with van der Waals surface area (Å²) in [5.41, 5.74) is 0.650. The largest absolute Gasteiger partial charge is 0.469 e. The van der Waals surface area contributed by atoms with E-state index in [9.17, 15) is 9.90 Å². The molecule has 1 N–H and O–H groups in total. The highest BCUT2D eigenvalue weighted by Gasteiger charge is 2.23. The highest BCUT2D eigenvalue weighted by atomic mass is 35.5. The lowest BCUT2D eigenvalue weighted by atomic mass is 9.98. The zero-order valence-corrected chi connectivity index (χ0v) is 9.36. The topological polar surface area (TPSA) is 46.5 Å². The first-order valence-electron chi connectivity index (χ1n) is 4.57. The molecule has 0 fully saturated rings. The van der Waals surface area contributed by atoms with Crippen molar-refractivity contribution < 1.29 is 14.6 Å². The predicted molar refractivity (Wildman–Crippen MR) is 57.6 cm³/mol. The number of rotatable bonds is 3. The number of ether oxygens (including phenoxy) is 1. The molecule has 4 heteroatoms. The van der Waals surface area contributed by atoms with E-state index in [1.54, 1.807) is 31.2 Å². The summed E-state index contributed by atoms with van der Waals surface area (Å²) in [4.78, 5) is 11.2. The number of carbonyl (C=O) groups excluding carboxylic acids is 1. The zero-order valence-electron chi connectivity index (χ0n) is 8.61. The summed E-state index contributed by atoms with van der Waals surface area (Å²) >= 11 is 5.71. The Kier molecular flexibility index (Phi) is 4.12. The number of hydrogen-bond acceptors (Lipinski definition) is 3. The van der Waals surface area contributed by atoms with Gasteiger partial charge in [0.05, 0.1) is 19.1 Å². The van der Waals surface area contributed by atoms with Crippen molar-refractivity contribution in [3.63, 3.8) is 0 Å². The summed E-state index contributed by atoms with van der Waals surface area (Å²) in [5, 5.41) is 10.4. The minimum atomic E-state index is -0.866. The summed E-state index contributed by atoms with van der Waals surface area (Å²) in [7, 11) is 1.30. The van der Waals surface area contributed by atoms with Crippen molar-refractivity contribution in [3.05, 3.63) is 34.9 Å². The van der Waals surface area contributed by atoms with Gasteiger partial charge in [-0.15, -0.1) is 0 Å². The summed E-state index contributed by atoms with van der Waals surface area (Å²) in [5.74, 6) is -1.02. The third-order valence-corrected chi connectivity index (χ3v) is 2.51. The lowest BCUT2D eigenvalue weighted by Crippen LogP contribution is -2.20. The molecule has 0 aromatic heterocycles. The molecule has 0 saturated heterocycles. The molecule has 0 bridgehead atoms. The van der Waals surface area contributed by atoms with E-state index >= 15 is 0 Å². The monoisotopic (exact) mass is 228 g/mol. The maximum atomic E-state index is 11.2. The van der Waals surface area contributed by atoms with Gasteiger partial charge in [-0.2, -0.15) is 0 Å². The molecule has 3 nitrogen and oxygen atoms in total. The molecule has 2 atom stereocenters. The van der Waals surface area contributed by atoms with Crippen LogP contribution in [0, 0.1) is 5.92 Å². The van der Waals surface area contributed by atoms with E-state index in [-0.39, 0.29) is 0 Å². The van der Waals surface area contributed by atoms with Crippen LogP contribution in [-0.4, -0.2) is 18.2 Å². The quantitative estimate of drug-likeness (QED) is 0.807. The number of esters is 1. The van der Waals surface area contributed by atoms with Crippen LogP contribution in [0.1, 0.15) is 18.6 Å². The van der Waals surface area contributed by atoms with E-state index < -0.39 is 18.0 Å². The van der Waals surface area contributed by atoms with Gasteiger partial charge in [0.15, 0.2) is 0 Å². The van der Waals surface area contributed by atoms with Gasteiger partial charge in [0.1, 0.15) is 0 Å². The van der Waals surface area contributed by atoms with Crippen molar-refractivity contribution in [1.82, 2.24) is 0 Å². The van der Waals surface area contributed by atoms with Crippen LogP contribution in [0.25, 0.3) is 0 Å². The molecule has 0 aliphatic heterocycles. The van der Waals surface area contributed by atoms with Crippen molar-refractivity contribution in [3.8, 4) is 0 Å². The van der Waals surface area contributed by atoms with Gasteiger partial charge in [-0.25, -0.2) is 0 Å². The molecule has 1 rings (SSSR count). The van der Waals surface area contributed by atoms with Gasteiger partial charge in [0, 0.05) is 5.02 Å². The van der Waals surface area contributed by atoms with Gasteiger partial charge >= 0.3 is 5.97 Å². The molecule has 82 valence electrons. The Labute approximate surface area is 93.6 Å². The Morgan fingerprint density at radius 1 is 1.40 bits per heavy atom. The van der Waals surface area contributed by atoms with Gasteiger partial charge in [0.25, 0.3) is 0 Å². The normalized spacial score (nSPS) is 14.4. The van der Waals surface area contributed by atoms with Gasteiger partial charge in [0.2, 0.25) is 0 Å². The second-order valence-corrected chi connectivity index (χ2v) is 3.74. The fraction of sp³-hybridized carbons (Fsp3) is 0.364. The Balaban J connectivity index is 2.80. The SMILES string of the molecule is COC(=O)C(C)C(O)c1ccc(Cl)cc1. The Bertz CT molecular complexity index is 334. The van der Waals surface area contributed by atoms with E-state index in [1.165, 1.54) is 7.11 Å². The second kappa shape index (κ2) is 5.14. The number of methoxy groups -OCH3 is 1. The minimum Gasteiger partial charge on any atom is -0.469 e. The van der Waals surface area contributed by atoms with Crippen molar-refractivity contribution in [2.45, 2.75) is 13.0 Å². The first kappa shape index (κ1) is 12.0. The molecular weight excluding hydrogens is 216 g/mol.